The van der Waals surface area contributed by atoms with Crippen molar-refractivity contribution in [2.45, 2.75) is 19.9 Å². The molecule has 1 aromatic carbocycles. The van der Waals surface area contributed by atoms with Crippen LogP contribution < -0.4 is 5.32 Å². The summed E-state index contributed by atoms with van der Waals surface area (Å²) in [7, 11) is 0. The number of nitrogens with one attached hydrogen (secondary N) is 1. The molecule has 1 unspecified atom stereocenters. The average molecular weight is 466 g/mol. The number of aliphatic carboxylic acids is 1. The van der Waals surface area contributed by atoms with Gasteiger partial charge in [-0.25, -0.2) is 4.79 Å². The van der Waals surface area contributed by atoms with Crippen molar-refractivity contribution < 1.29 is 19.1 Å². The second-order valence-electron chi connectivity index (χ2n) is 6.93. The van der Waals surface area contributed by atoms with Gasteiger partial charge in [0, 0.05) is 6.54 Å². The molecule has 0 radical (unpaired) electrons. The third kappa shape index (κ3) is 5.68. The van der Waals surface area contributed by atoms with Crippen LogP contribution in [0.5, 0.6) is 0 Å². The van der Waals surface area contributed by atoms with Gasteiger partial charge in [0.15, 0.2) is 11.6 Å². The Kier molecular flexibility index (Phi) is 8.15. The minimum Gasteiger partial charge on any atom is -0.478 e. The lowest BCUT2D eigenvalue weighted by Crippen LogP contribution is -2.35. The highest BCUT2D eigenvalue weighted by Gasteiger charge is 2.32. The van der Waals surface area contributed by atoms with E-state index in [0.29, 0.717) is 39.5 Å². The van der Waals surface area contributed by atoms with Crippen LogP contribution in [0, 0.1) is 0 Å². The number of furan rings is 1. The molecule has 0 saturated carbocycles. The minimum absolute atomic E-state index is 0.0940. The van der Waals surface area contributed by atoms with Gasteiger partial charge in [-0.1, -0.05) is 43.1 Å². The molecule has 9 heteroatoms. The van der Waals surface area contributed by atoms with E-state index < -0.39 is 12.0 Å². The van der Waals surface area contributed by atoms with Crippen LogP contribution in [-0.4, -0.2) is 54.7 Å². The van der Waals surface area contributed by atoms with E-state index in [1.165, 1.54) is 6.26 Å². The summed E-state index contributed by atoms with van der Waals surface area (Å²) < 4.78 is 11.3. The van der Waals surface area contributed by atoms with E-state index in [1.54, 1.807) is 30.3 Å². The number of carbonyl (C=O) groups is 1. The van der Waals surface area contributed by atoms with E-state index in [0.717, 1.165) is 19.6 Å². The molecule has 7 nitrogen and oxygen atoms in total. The average Bonchev–Trinajstić information content (AvgIpc) is 3.30. The molecule has 1 aliphatic rings. The predicted octanol–water partition coefficient (Wildman–Crippen LogP) is 4.37. The lowest BCUT2D eigenvalue weighted by Gasteiger charge is -2.26. The SMILES string of the molecule is CCN(CC)CCOCC1=C(C(=O)O)C(c2ccc(Cl)c(Cl)c2)N=C(c2ccco2)N1. The number of rotatable bonds is 10. The minimum atomic E-state index is -1.09. The number of amidine groups is 1. The number of carboxylic acids is 1. The van der Waals surface area contributed by atoms with Gasteiger partial charge in [0.25, 0.3) is 0 Å². The van der Waals surface area contributed by atoms with Crippen molar-refractivity contribution in [1.29, 1.82) is 0 Å². The van der Waals surface area contributed by atoms with Crippen LogP contribution >= 0.6 is 23.2 Å². The molecule has 0 aliphatic carbocycles. The molecule has 2 aromatic rings. The van der Waals surface area contributed by atoms with Crippen LogP contribution in [0.4, 0.5) is 0 Å². The Morgan fingerprint density at radius 3 is 2.65 bits per heavy atom. The van der Waals surface area contributed by atoms with Gasteiger partial charge < -0.3 is 24.5 Å². The molecule has 166 valence electrons. The van der Waals surface area contributed by atoms with Gasteiger partial charge in [0.1, 0.15) is 6.04 Å². The molecule has 2 N–H and O–H groups in total. The maximum Gasteiger partial charge on any atom is 0.335 e. The highest BCUT2D eigenvalue weighted by Crippen LogP contribution is 2.35. The Morgan fingerprint density at radius 1 is 1.26 bits per heavy atom. The first-order chi connectivity index (χ1) is 14.9. The topological polar surface area (TPSA) is 87.3 Å². The van der Waals surface area contributed by atoms with Gasteiger partial charge in [-0.05, 0) is 42.9 Å². The summed E-state index contributed by atoms with van der Waals surface area (Å²) >= 11 is 12.2. The Hall–Kier alpha value is -2.32. The number of nitrogens with zero attached hydrogens (tertiary/aromatic N) is 2. The Morgan fingerprint density at radius 2 is 2.03 bits per heavy atom. The van der Waals surface area contributed by atoms with Gasteiger partial charge in [0.2, 0.25) is 0 Å². The number of likely N-dealkylation sites (N-methyl/N-ethyl adjacent to an activating group) is 1. The first kappa shape index (κ1) is 23.3. The quantitative estimate of drug-likeness (QED) is 0.506. The fourth-order valence-electron chi connectivity index (χ4n) is 3.33. The van der Waals surface area contributed by atoms with Gasteiger partial charge in [0.05, 0.1) is 40.8 Å². The molecule has 1 atom stereocenters. The van der Waals surface area contributed by atoms with Crippen LogP contribution in [0.25, 0.3) is 0 Å². The summed E-state index contributed by atoms with van der Waals surface area (Å²) in [5.74, 6) is -0.170. The van der Waals surface area contributed by atoms with Crippen molar-refractivity contribution in [2.75, 3.05) is 32.8 Å². The fourth-order valence-corrected chi connectivity index (χ4v) is 3.64. The molecule has 0 bridgehead atoms. The molecule has 0 fully saturated rings. The first-order valence-corrected chi connectivity index (χ1v) is 10.8. The number of hydrogen-bond donors (Lipinski definition) is 2. The zero-order valence-electron chi connectivity index (χ0n) is 17.4. The first-order valence-electron chi connectivity index (χ1n) is 10.0. The van der Waals surface area contributed by atoms with Crippen LogP contribution in [-0.2, 0) is 9.53 Å². The van der Waals surface area contributed by atoms with E-state index in [1.807, 2.05) is 0 Å². The largest absolute Gasteiger partial charge is 0.478 e. The number of aliphatic imine (C=N–C) groups is 1. The highest BCUT2D eigenvalue weighted by atomic mass is 35.5. The number of ether oxygens (including phenoxy) is 1. The molecule has 1 aromatic heterocycles. The Labute approximate surface area is 191 Å². The van der Waals surface area contributed by atoms with Crippen molar-refractivity contribution in [3.8, 4) is 0 Å². The molecule has 1 aliphatic heterocycles. The molecule has 0 amide bonds. The van der Waals surface area contributed by atoms with Crippen LogP contribution in [0.2, 0.25) is 10.0 Å². The lowest BCUT2D eigenvalue weighted by atomic mass is 9.95. The zero-order chi connectivity index (χ0) is 22.4. The Balaban J connectivity index is 1.92. The number of benzene rings is 1. The highest BCUT2D eigenvalue weighted by molar-refractivity contribution is 6.42. The molecule has 2 heterocycles. The summed E-state index contributed by atoms with van der Waals surface area (Å²) in [6, 6.07) is 7.67. The van der Waals surface area contributed by atoms with E-state index in [2.05, 4.69) is 29.1 Å². The van der Waals surface area contributed by atoms with E-state index >= 15 is 0 Å². The molecular formula is C22H25Cl2N3O4. The molecule has 31 heavy (non-hydrogen) atoms. The normalized spacial score (nSPS) is 16.4. The second kappa shape index (κ2) is 10.8. The van der Waals surface area contributed by atoms with Gasteiger partial charge in [-0.15, -0.1) is 0 Å². The molecule has 0 saturated heterocycles. The van der Waals surface area contributed by atoms with Gasteiger partial charge in [-0.2, -0.15) is 0 Å². The number of carboxylic acid groups (broad SMARTS) is 1. The van der Waals surface area contributed by atoms with Crippen molar-refractivity contribution >= 4 is 35.0 Å². The van der Waals surface area contributed by atoms with E-state index in [-0.39, 0.29) is 12.2 Å². The predicted molar refractivity (Wildman–Crippen MR) is 121 cm³/mol. The number of hydrogen-bond acceptors (Lipinski definition) is 6. The summed E-state index contributed by atoms with van der Waals surface area (Å²) in [5, 5.41) is 13.8. The summed E-state index contributed by atoms with van der Waals surface area (Å²) in [5.41, 5.74) is 1.12. The van der Waals surface area contributed by atoms with Gasteiger partial charge in [-0.3, -0.25) is 4.99 Å². The maximum atomic E-state index is 12.2. The zero-order valence-corrected chi connectivity index (χ0v) is 18.9. The van der Waals surface area contributed by atoms with Crippen molar-refractivity contribution in [2.24, 2.45) is 4.99 Å². The molecule has 3 rings (SSSR count). The third-order valence-electron chi connectivity index (χ3n) is 5.06. The van der Waals surface area contributed by atoms with E-state index in [4.69, 9.17) is 32.4 Å². The molecule has 0 spiro atoms. The van der Waals surface area contributed by atoms with Crippen molar-refractivity contribution in [3.63, 3.8) is 0 Å². The van der Waals surface area contributed by atoms with Crippen LogP contribution in [0.1, 0.15) is 31.2 Å². The standard InChI is InChI=1S/C22H25Cl2N3O4/c1-3-27(4-2)9-11-30-13-17-19(22(28)29)20(14-7-8-15(23)16(24)12-14)26-21(25-17)18-6-5-10-31-18/h5-8,10,12,20H,3-4,9,11,13H2,1-2H3,(H,25,26)(H,28,29). The number of halogens is 2. The van der Waals surface area contributed by atoms with E-state index in [9.17, 15) is 9.90 Å². The maximum absolute atomic E-state index is 12.2. The third-order valence-corrected chi connectivity index (χ3v) is 5.80. The smallest absolute Gasteiger partial charge is 0.335 e. The van der Waals surface area contributed by atoms with Crippen molar-refractivity contribution in [3.05, 3.63) is 69.2 Å². The van der Waals surface area contributed by atoms with Crippen LogP contribution in [0.3, 0.4) is 0 Å². The second-order valence-corrected chi connectivity index (χ2v) is 7.75. The summed E-state index contributed by atoms with van der Waals surface area (Å²) in [6.45, 7) is 7.37. The lowest BCUT2D eigenvalue weighted by molar-refractivity contribution is -0.133. The fraction of sp³-hybridized carbons (Fsp3) is 0.364. The van der Waals surface area contributed by atoms with Crippen molar-refractivity contribution in [1.82, 2.24) is 10.2 Å². The summed E-state index contributed by atoms with van der Waals surface area (Å²) in [4.78, 5) is 19.1. The Bertz CT molecular complexity index is 969. The summed E-state index contributed by atoms with van der Waals surface area (Å²) in [6.07, 6.45) is 1.53. The monoisotopic (exact) mass is 465 g/mol. The van der Waals surface area contributed by atoms with Crippen LogP contribution in [0.15, 0.2) is 57.3 Å². The van der Waals surface area contributed by atoms with Gasteiger partial charge >= 0.3 is 5.97 Å². The molecular weight excluding hydrogens is 441 g/mol.